The molecule has 2 amide bonds. The molecule has 8 nitrogen and oxygen atoms in total. The van der Waals surface area contributed by atoms with Crippen LogP contribution in [0.1, 0.15) is 44.7 Å². The Morgan fingerprint density at radius 3 is 2.15 bits per heavy atom. The first-order valence-corrected chi connectivity index (χ1v) is 11.5. The van der Waals surface area contributed by atoms with Gasteiger partial charge in [-0.2, -0.15) is 9.28 Å². The molecule has 1 aliphatic heterocycles. The van der Waals surface area contributed by atoms with Crippen molar-refractivity contribution in [3.8, 4) is 11.1 Å². The number of rotatable bonds is 6. The Bertz CT molecular complexity index is 1080. The highest BCUT2D eigenvalue weighted by atomic mass is 16.6. The fourth-order valence-electron chi connectivity index (χ4n) is 4.81. The third-order valence-electron chi connectivity index (χ3n) is 6.64. The minimum Gasteiger partial charge on any atom is -0.477 e. The van der Waals surface area contributed by atoms with Gasteiger partial charge in [0.05, 0.1) is 6.54 Å². The molecule has 2 N–H and O–H groups in total. The van der Waals surface area contributed by atoms with E-state index >= 15 is 0 Å². The molecule has 8 heteroatoms. The molecule has 3 atom stereocenters. The molecule has 180 valence electrons. The number of hydrogen-bond acceptors (Lipinski definition) is 5. The van der Waals surface area contributed by atoms with E-state index in [0.717, 1.165) is 22.3 Å². The quantitative estimate of drug-likeness (QED) is 0.489. The first-order chi connectivity index (χ1) is 16.0. The Morgan fingerprint density at radius 1 is 1.06 bits per heavy atom. The van der Waals surface area contributed by atoms with E-state index in [1.54, 1.807) is 20.8 Å². The molecular formula is C26H31N2O6+. The lowest BCUT2D eigenvalue weighted by Crippen LogP contribution is -2.50. The summed E-state index contributed by atoms with van der Waals surface area (Å²) >= 11 is 0. The van der Waals surface area contributed by atoms with Gasteiger partial charge in [-0.1, -0.05) is 48.5 Å². The summed E-state index contributed by atoms with van der Waals surface area (Å²) in [6.45, 7) is 7.28. The lowest BCUT2D eigenvalue weighted by atomic mass is 9.98. The number of benzene rings is 2. The number of nitrogens with one attached hydrogen (secondary N) is 1. The van der Waals surface area contributed by atoms with Gasteiger partial charge in [-0.15, -0.1) is 0 Å². The number of fused-ring (bicyclic) bond motifs is 3. The average Bonchev–Trinajstić information content (AvgIpc) is 3.43. The van der Waals surface area contributed by atoms with E-state index in [0.29, 0.717) is 0 Å². The zero-order chi connectivity index (χ0) is 24.7. The predicted molar refractivity (Wildman–Crippen MR) is 125 cm³/mol. The second kappa shape index (κ2) is 8.76. The van der Waals surface area contributed by atoms with Crippen molar-refractivity contribution in [3.05, 3.63) is 59.7 Å². The number of quaternary nitrogens is 1. The molecule has 0 spiro atoms. The molecule has 2 aromatic carbocycles. The molecule has 0 bridgehead atoms. The number of carboxylic acid groups (broad SMARTS) is 1. The van der Waals surface area contributed by atoms with Crippen LogP contribution in [0.3, 0.4) is 0 Å². The van der Waals surface area contributed by atoms with E-state index in [-0.39, 0.29) is 30.1 Å². The number of aliphatic carboxylic acids is 1. The smallest absolute Gasteiger partial charge is 0.477 e. The van der Waals surface area contributed by atoms with E-state index in [4.69, 9.17) is 9.47 Å². The van der Waals surface area contributed by atoms with Crippen LogP contribution in [0.4, 0.5) is 9.59 Å². The van der Waals surface area contributed by atoms with Crippen molar-refractivity contribution >= 4 is 18.2 Å². The third kappa shape index (κ3) is 4.37. The predicted octanol–water partition coefficient (Wildman–Crippen LogP) is 4.13. The minimum absolute atomic E-state index is 0.116. The molecule has 2 aromatic rings. The number of carbonyl (C=O) groups is 3. The third-order valence-corrected chi connectivity index (χ3v) is 6.64. The molecule has 2 aliphatic rings. The average molecular weight is 468 g/mol. The summed E-state index contributed by atoms with van der Waals surface area (Å²) < 4.78 is 10.7. The maximum Gasteiger partial charge on any atom is 0.517 e. The zero-order valence-corrected chi connectivity index (χ0v) is 19.9. The van der Waals surface area contributed by atoms with E-state index in [1.165, 1.54) is 6.92 Å². The van der Waals surface area contributed by atoms with Gasteiger partial charge in [-0.25, -0.2) is 9.59 Å². The minimum atomic E-state index is -1.09. The SMILES string of the molecule is C[C@@H](C(=O)O)[N+]1(C(=O)OCC2c3ccccc3-c3ccccc32)CC1CNC(=O)OC(C)(C)C. The standard InChI is InChI=1S/C26H30N2O6/c1-16(23(29)30)28(14-17(28)13-27-24(31)34-26(2,3)4)25(32)33-15-22-20-11-7-5-9-18(20)19-10-6-8-12-21(19)22/h5-12,16-17,22H,13-15H2,1-4H3,(H-,27,29,30,31)/p+1/t16-,17?,28?/m0/s1. The normalized spacial score (nSPS) is 21.7. The summed E-state index contributed by atoms with van der Waals surface area (Å²) in [6, 6.07) is 14.7. The highest BCUT2D eigenvalue weighted by molar-refractivity contribution is 5.79. The Balaban J connectivity index is 1.47. The van der Waals surface area contributed by atoms with E-state index in [2.05, 4.69) is 17.4 Å². The van der Waals surface area contributed by atoms with Crippen LogP contribution in [0, 0.1) is 0 Å². The Hall–Kier alpha value is -3.39. The fourth-order valence-corrected chi connectivity index (χ4v) is 4.81. The van der Waals surface area contributed by atoms with Crippen molar-refractivity contribution in [1.29, 1.82) is 0 Å². The number of hydrogen-bond donors (Lipinski definition) is 2. The molecule has 4 rings (SSSR count). The van der Waals surface area contributed by atoms with Gasteiger partial charge in [-0.3, -0.25) is 0 Å². The summed E-state index contributed by atoms with van der Waals surface area (Å²) in [5, 5.41) is 12.3. The van der Waals surface area contributed by atoms with Crippen LogP contribution in [0.2, 0.25) is 0 Å². The molecule has 0 aromatic heterocycles. The van der Waals surface area contributed by atoms with Crippen LogP contribution in [-0.2, 0) is 14.3 Å². The van der Waals surface area contributed by atoms with Crippen molar-refractivity contribution in [2.75, 3.05) is 19.7 Å². The first-order valence-electron chi connectivity index (χ1n) is 11.5. The van der Waals surface area contributed by atoms with Crippen molar-refractivity contribution in [2.24, 2.45) is 0 Å². The van der Waals surface area contributed by atoms with Gasteiger partial charge in [0.1, 0.15) is 18.8 Å². The zero-order valence-electron chi connectivity index (χ0n) is 19.9. The number of carbonyl (C=O) groups excluding carboxylic acids is 2. The Morgan fingerprint density at radius 2 is 1.62 bits per heavy atom. The molecule has 0 saturated carbocycles. The fraction of sp³-hybridized carbons (Fsp3) is 0.423. The van der Waals surface area contributed by atoms with Crippen LogP contribution < -0.4 is 5.32 Å². The van der Waals surface area contributed by atoms with E-state index in [1.807, 2.05) is 36.4 Å². The van der Waals surface area contributed by atoms with Crippen LogP contribution in [-0.4, -0.2) is 65.1 Å². The highest BCUT2D eigenvalue weighted by Crippen LogP contribution is 2.45. The highest BCUT2D eigenvalue weighted by Gasteiger charge is 2.67. The Labute approximate surface area is 199 Å². The van der Waals surface area contributed by atoms with Gasteiger partial charge in [0.25, 0.3) is 0 Å². The van der Waals surface area contributed by atoms with Gasteiger partial charge in [0, 0.05) is 5.92 Å². The molecule has 1 fully saturated rings. The number of amides is 2. The lowest BCUT2D eigenvalue weighted by molar-refractivity contribution is -0.754. The second-order valence-electron chi connectivity index (χ2n) is 9.97. The maximum absolute atomic E-state index is 13.3. The number of alkyl carbamates (subject to hydrolysis) is 1. The molecule has 1 saturated heterocycles. The van der Waals surface area contributed by atoms with Gasteiger partial charge in [-0.05, 0) is 49.9 Å². The number of nitrogens with zero attached hydrogens (tertiary/aromatic N) is 1. The molecule has 34 heavy (non-hydrogen) atoms. The van der Waals surface area contributed by atoms with Crippen LogP contribution in [0.15, 0.2) is 48.5 Å². The molecular weight excluding hydrogens is 436 g/mol. The van der Waals surface area contributed by atoms with Crippen LogP contribution >= 0.6 is 0 Å². The maximum atomic E-state index is 13.3. The molecule has 2 unspecified atom stereocenters. The summed E-state index contributed by atoms with van der Waals surface area (Å²) in [5.41, 5.74) is 3.76. The summed E-state index contributed by atoms with van der Waals surface area (Å²) in [4.78, 5) is 37.1. The first kappa shape index (κ1) is 23.8. The lowest BCUT2D eigenvalue weighted by Gasteiger charge is -2.23. The second-order valence-corrected chi connectivity index (χ2v) is 9.97. The summed E-state index contributed by atoms with van der Waals surface area (Å²) in [5.74, 6) is -1.21. The van der Waals surface area contributed by atoms with E-state index in [9.17, 15) is 19.5 Å². The summed E-state index contributed by atoms with van der Waals surface area (Å²) in [6.07, 6.45) is -1.19. The van der Waals surface area contributed by atoms with Crippen molar-refractivity contribution < 1.29 is 33.4 Å². The topological polar surface area (TPSA) is 102 Å². The monoisotopic (exact) mass is 467 g/mol. The van der Waals surface area contributed by atoms with Crippen molar-refractivity contribution in [3.63, 3.8) is 0 Å². The molecule has 0 radical (unpaired) electrons. The Kier molecular flexibility index (Phi) is 6.12. The molecule has 1 aliphatic carbocycles. The van der Waals surface area contributed by atoms with Gasteiger partial charge < -0.3 is 19.9 Å². The van der Waals surface area contributed by atoms with Crippen LogP contribution in [0.25, 0.3) is 11.1 Å². The van der Waals surface area contributed by atoms with Gasteiger partial charge in [0.15, 0.2) is 12.1 Å². The number of carboxylic acids is 1. The van der Waals surface area contributed by atoms with Gasteiger partial charge >= 0.3 is 18.2 Å². The number of ether oxygens (including phenoxy) is 2. The van der Waals surface area contributed by atoms with Gasteiger partial charge in [0.2, 0.25) is 0 Å². The molecule has 1 heterocycles. The van der Waals surface area contributed by atoms with Crippen molar-refractivity contribution in [1.82, 2.24) is 5.32 Å². The van der Waals surface area contributed by atoms with Crippen LogP contribution in [0.5, 0.6) is 0 Å². The van der Waals surface area contributed by atoms with Crippen molar-refractivity contribution in [2.45, 2.75) is 51.3 Å². The van der Waals surface area contributed by atoms with E-state index < -0.39 is 35.8 Å². The summed E-state index contributed by atoms with van der Waals surface area (Å²) in [7, 11) is 0. The largest absolute Gasteiger partial charge is 0.517 e.